The fourth-order valence-electron chi connectivity index (χ4n) is 5.00. The first-order chi connectivity index (χ1) is 13.9. The molecule has 29 heavy (non-hydrogen) atoms. The van der Waals surface area contributed by atoms with Crippen LogP contribution in [0.1, 0.15) is 51.5 Å². The molecule has 0 bridgehead atoms. The van der Waals surface area contributed by atoms with Gasteiger partial charge in [-0.05, 0) is 68.7 Å². The number of hydrogen-bond donors (Lipinski definition) is 0. The fourth-order valence-corrected chi connectivity index (χ4v) is 5.00. The van der Waals surface area contributed by atoms with E-state index in [0.717, 1.165) is 42.3 Å². The van der Waals surface area contributed by atoms with Gasteiger partial charge < -0.3 is 4.74 Å². The Hall–Kier alpha value is -2.69. The summed E-state index contributed by atoms with van der Waals surface area (Å²) in [5, 5.41) is 5.53. The van der Waals surface area contributed by atoms with Crippen molar-refractivity contribution in [1.82, 2.24) is 9.78 Å². The Balaban J connectivity index is 1.81. The second-order valence-corrected chi connectivity index (χ2v) is 8.57. The minimum absolute atomic E-state index is 0.165. The number of fused-ring (bicyclic) bond motifs is 1. The highest BCUT2D eigenvalue weighted by Gasteiger charge is 2.51. The number of rotatable bonds is 4. The maximum Gasteiger partial charge on any atom is 0.312 e. The number of hydrogen-bond acceptors (Lipinski definition) is 3. The summed E-state index contributed by atoms with van der Waals surface area (Å²) in [6.07, 6.45) is 7.17. The molecule has 0 saturated heterocycles. The molecule has 1 aromatic heterocycles. The van der Waals surface area contributed by atoms with Crippen LogP contribution >= 0.6 is 0 Å². The van der Waals surface area contributed by atoms with Crippen LogP contribution in [-0.2, 0) is 14.9 Å². The van der Waals surface area contributed by atoms with E-state index in [9.17, 15) is 9.18 Å². The molecule has 3 aromatic rings. The molecule has 4 rings (SSSR count). The van der Waals surface area contributed by atoms with Gasteiger partial charge in [0.15, 0.2) is 0 Å². The molecule has 0 N–H and O–H groups in total. The Morgan fingerprint density at radius 2 is 1.79 bits per heavy atom. The Labute approximate surface area is 170 Å². The lowest BCUT2D eigenvalue weighted by Gasteiger charge is -2.48. The lowest BCUT2D eigenvalue weighted by molar-refractivity contribution is -0.156. The maximum atomic E-state index is 13.3. The monoisotopic (exact) mass is 394 g/mol. The van der Waals surface area contributed by atoms with Crippen molar-refractivity contribution < 1.29 is 13.9 Å². The van der Waals surface area contributed by atoms with Crippen LogP contribution in [0.4, 0.5) is 4.39 Å². The normalized spacial score (nSPS) is 16.7. The summed E-state index contributed by atoms with van der Waals surface area (Å²) in [7, 11) is 1.47. The summed E-state index contributed by atoms with van der Waals surface area (Å²) in [5.41, 5.74) is 2.06. The summed E-state index contributed by atoms with van der Waals surface area (Å²) < 4.78 is 20.3. The molecular weight excluding hydrogens is 367 g/mol. The summed E-state index contributed by atoms with van der Waals surface area (Å²) >= 11 is 0. The van der Waals surface area contributed by atoms with Crippen LogP contribution in [0.5, 0.6) is 0 Å². The highest BCUT2D eigenvalue weighted by Crippen LogP contribution is 2.52. The van der Waals surface area contributed by atoms with E-state index in [1.165, 1.54) is 31.2 Å². The van der Waals surface area contributed by atoms with E-state index in [1.54, 1.807) is 12.1 Å². The van der Waals surface area contributed by atoms with Gasteiger partial charge in [0.1, 0.15) is 5.82 Å². The van der Waals surface area contributed by atoms with Crippen molar-refractivity contribution in [2.45, 2.75) is 51.4 Å². The Morgan fingerprint density at radius 3 is 2.45 bits per heavy atom. The third-order valence-electron chi connectivity index (χ3n) is 6.79. The van der Waals surface area contributed by atoms with Gasteiger partial charge in [-0.15, -0.1) is 0 Å². The van der Waals surface area contributed by atoms with E-state index in [0.29, 0.717) is 0 Å². The molecule has 0 atom stereocenters. The van der Waals surface area contributed by atoms with Crippen molar-refractivity contribution in [2.24, 2.45) is 5.41 Å². The number of halogens is 1. The van der Waals surface area contributed by atoms with Gasteiger partial charge in [0.25, 0.3) is 0 Å². The van der Waals surface area contributed by atoms with E-state index < -0.39 is 5.41 Å². The zero-order valence-corrected chi connectivity index (χ0v) is 17.2. The molecule has 1 aliphatic carbocycles. The third kappa shape index (κ3) is 3.13. The van der Waals surface area contributed by atoms with Gasteiger partial charge in [-0.2, -0.15) is 5.10 Å². The zero-order valence-electron chi connectivity index (χ0n) is 17.2. The maximum absolute atomic E-state index is 13.3. The van der Waals surface area contributed by atoms with Crippen molar-refractivity contribution >= 4 is 16.9 Å². The molecule has 0 unspecified atom stereocenters. The summed E-state index contributed by atoms with van der Waals surface area (Å²) in [6, 6.07) is 12.7. The van der Waals surface area contributed by atoms with E-state index in [4.69, 9.17) is 4.74 Å². The summed E-state index contributed by atoms with van der Waals surface area (Å²) in [5.74, 6) is -0.432. The number of benzene rings is 2. The molecule has 1 saturated carbocycles. The van der Waals surface area contributed by atoms with Crippen LogP contribution in [0.3, 0.4) is 0 Å². The Bertz CT molecular complexity index is 1030. The largest absolute Gasteiger partial charge is 0.469 e. The first-order valence-electron chi connectivity index (χ1n) is 10.2. The Morgan fingerprint density at radius 1 is 1.10 bits per heavy atom. The molecule has 0 spiro atoms. The average molecular weight is 394 g/mol. The molecular formula is C24H27FN2O2. The topological polar surface area (TPSA) is 44.1 Å². The van der Waals surface area contributed by atoms with E-state index >= 15 is 0 Å². The first-order valence-corrected chi connectivity index (χ1v) is 10.2. The van der Waals surface area contributed by atoms with Gasteiger partial charge >= 0.3 is 5.97 Å². The van der Waals surface area contributed by atoms with Crippen LogP contribution in [0.15, 0.2) is 48.7 Å². The lowest BCUT2D eigenvalue weighted by atomic mass is 9.55. The molecule has 1 aliphatic rings. The molecule has 0 aliphatic heterocycles. The predicted octanol–water partition coefficient (Wildman–Crippen LogP) is 5.57. The highest BCUT2D eigenvalue weighted by atomic mass is 19.1. The summed E-state index contributed by atoms with van der Waals surface area (Å²) in [4.78, 5) is 12.7. The highest BCUT2D eigenvalue weighted by molar-refractivity contribution is 5.83. The number of ether oxygens (including phenoxy) is 1. The molecule has 2 aromatic carbocycles. The van der Waals surface area contributed by atoms with Crippen LogP contribution < -0.4 is 0 Å². The SMILES string of the molecule is COC(=O)C(C)(C)C1(c2ccc3c(cnn3-c3ccc(F)cc3)c2)CCCCC1. The second-order valence-electron chi connectivity index (χ2n) is 8.57. The number of carbonyl (C=O) groups is 1. The number of nitrogens with zero attached hydrogens (tertiary/aromatic N) is 2. The van der Waals surface area contributed by atoms with Crippen LogP contribution in [0.2, 0.25) is 0 Å². The predicted molar refractivity (Wildman–Crippen MR) is 112 cm³/mol. The smallest absolute Gasteiger partial charge is 0.312 e. The molecule has 5 heteroatoms. The molecule has 1 fully saturated rings. The van der Waals surface area contributed by atoms with Gasteiger partial charge in [0.05, 0.1) is 29.9 Å². The number of aromatic nitrogens is 2. The van der Waals surface area contributed by atoms with Crippen molar-refractivity contribution in [3.05, 3.63) is 60.0 Å². The van der Waals surface area contributed by atoms with Gasteiger partial charge in [-0.25, -0.2) is 9.07 Å². The van der Waals surface area contributed by atoms with Crippen molar-refractivity contribution in [3.63, 3.8) is 0 Å². The van der Waals surface area contributed by atoms with E-state index in [1.807, 2.05) is 24.7 Å². The number of methoxy groups -OCH3 is 1. The molecule has 0 radical (unpaired) electrons. The lowest BCUT2D eigenvalue weighted by Crippen LogP contribution is -2.49. The molecule has 4 nitrogen and oxygen atoms in total. The van der Waals surface area contributed by atoms with Gasteiger partial charge in [0.2, 0.25) is 0 Å². The van der Waals surface area contributed by atoms with Crippen LogP contribution in [0, 0.1) is 11.2 Å². The van der Waals surface area contributed by atoms with E-state index in [2.05, 4.69) is 23.3 Å². The third-order valence-corrected chi connectivity index (χ3v) is 6.79. The zero-order chi connectivity index (χ0) is 20.6. The Kier molecular flexibility index (Phi) is 4.93. The molecule has 0 amide bonds. The van der Waals surface area contributed by atoms with E-state index in [-0.39, 0.29) is 17.2 Å². The molecule has 152 valence electrons. The fraction of sp³-hybridized carbons (Fsp3) is 0.417. The minimum atomic E-state index is -0.622. The first kappa shape index (κ1) is 19.6. The van der Waals surface area contributed by atoms with Gasteiger partial charge in [-0.1, -0.05) is 25.3 Å². The number of carbonyl (C=O) groups excluding carboxylic acids is 1. The quantitative estimate of drug-likeness (QED) is 0.544. The van der Waals surface area contributed by atoms with Crippen LogP contribution in [-0.4, -0.2) is 22.9 Å². The van der Waals surface area contributed by atoms with Crippen molar-refractivity contribution in [3.8, 4) is 5.69 Å². The van der Waals surface area contributed by atoms with Gasteiger partial charge in [-0.3, -0.25) is 4.79 Å². The minimum Gasteiger partial charge on any atom is -0.469 e. The second kappa shape index (κ2) is 7.29. The van der Waals surface area contributed by atoms with Crippen molar-refractivity contribution in [2.75, 3.05) is 7.11 Å². The van der Waals surface area contributed by atoms with Crippen LogP contribution in [0.25, 0.3) is 16.6 Å². The summed E-state index contributed by atoms with van der Waals surface area (Å²) in [6.45, 7) is 4.02. The molecule has 1 heterocycles. The van der Waals surface area contributed by atoms with Gasteiger partial charge in [0, 0.05) is 10.8 Å². The van der Waals surface area contributed by atoms with Crippen molar-refractivity contribution in [1.29, 1.82) is 0 Å². The number of esters is 1. The average Bonchev–Trinajstić information content (AvgIpc) is 3.17. The standard InChI is InChI=1S/C24H27FN2O2/c1-23(2,22(28)29-3)24(13-5-4-6-14-24)18-7-12-21-17(15-18)16-26-27(21)20-10-8-19(25)9-11-20/h7-12,15-16H,4-6,13-14H2,1-3H3.